The van der Waals surface area contributed by atoms with Gasteiger partial charge in [0.1, 0.15) is 0 Å². The first-order valence-corrected chi connectivity index (χ1v) is 5.54. The number of hydrogen-bond donors (Lipinski definition) is 1. The highest BCUT2D eigenvalue weighted by atomic mass is 14.9. The average Bonchev–Trinajstić information content (AvgIpc) is 2.65. The van der Waals surface area contributed by atoms with Crippen molar-refractivity contribution in [2.75, 3.05) is 13.1 Å². The van der Waals surface area contributed by atoms with Crippen LogP contribution in [0.3, 0.4) is 0 Å². The zero-order chi connectivity index (χ0) is 9.45. The third kappa shape index (κ3) is 4.10. The van der Waals surface area contributed by atoms with Crippen LogP contribution in [0.25, 0.3) is 0 Å². The summed E-state index contributed by atoms with van der Waals surface area (Å²) in [5.41, 5.74) is 0.833. The number of nitrogens with one attached hydrogen (secondary N) is 1. The molecule has 1 nitrogen and oxygen atoms in total. The molecule has 0 amide bonds. The van der Waals surface area contributed by atoms with Crippen LogP contribution in [0, 0.1) is 5.41 Å². The predicted octanol–water partition coefficient (Wildman–Crippen LogP) is 3.20. The largest absolute Gasteiger partial charge is 0.316 e. The SMILES string of the molecule is C1CC2(CC2)CN1.CC.CCC. The molecule has 1 saturated heterocycles. The van der Waals surface area contributed by atoms with E-state index in [1.807, 2.05) is 13.8 Å². The first kappa shape index (κ1) is 12.0. The molecule has 1 heterocycles. The van der Waals surface area contributed by atoms with Crippen LogP contribution in [0.15, 0.2) is 0 Å². The Bertz CT molecular complexity index is 87.2. The number of rotatable bonds is 0. The molecule has 1 heteroatoms. The van der Waals surface area contributed by atoms with Gasteiger partial charge in [-0.3, -0.25) is 0 Å². The summed E-state index contributed by atoms with van der Waals surface area (Å²) in [4.78, 5) is 0. The minimum Gasteiger partial charge on any atom is -0.316 e. The molecule has 1 spiro atoms. The highest BCUT2D eigenvalue weighted by Gasteiger charge is 2.44. The van der Waals surface area contributed by atoms with Crippen LogP contribution in [0.1, 0.15) is 53.4 Å². The summed E-state index contributed by atoms with van der Waals surface area (Å²) in [6.07, 6.45) is 5.70. The van der Waals surface area contributed by atoms with Gasteiger partial charge in [-0.05, 0) is 31.2 Å². The molecule has 0 atom stereocenters. The Labute approximate surface area is 77.9 Å². The maximum absolute atomic E-state index is 3.38. The topological polar surface area (TPSA) is 12.0 Å². The molecule has 0 radical (unpaired) electrons. The molecule has 2 rings (SSSR count). The van der Waals surface area contributed by atoms with E-state index in [9.17, 15) is 0 Å². The third-order valence-electron chi connectivity index (χ3n) is 2.29. The van der Waals surface area contributed by atoms with E-state index in [-0.39, 0.29) is 0 Å². The summed E-state index contributed by atoms with van der Waals surface area (Å²) in [7, 11) is 0. The quantitative estimate of drug-likeness (QED) is 0.590. The summed E-state index contributed by atoms with van der Waals surface area (Å²) in [6, 6.07) is 0. The first-order chi connectivity index (χ1) is 5.83. The van der Waals surface area contributed by atoms with Crippen molar-refractivity contribution in [1.29, 1.82) is 0 Å². The van der Waals surface area contributed by atoms with Gasteiger partial charge in [0.15, 0.2) is 0 Å². The highest BCUT2D eigenvalue weighted by Crippen LogP contribution is 2.49. The lowest BCUT2D eigenvalue weighted by Gasteiger charge is -1.96. The van der Waals surface area contributed by atoms with Crippen LogP contribution in [0.4, 0.5) is 0 Å². The van der Waals surface area contributed by atoms with E-state index in [4.69, 9.17) is 0 Å². The van der Waals surface area contributed by atoms with E-state index >= 15 is 0 Å². The molecule has 0 aromatic heterocycles. The lowest BCUT2D eigenvalue weighted by Crippen LogP contribution is -2.08. The van der Waals surface area contributed by atoms with Gasteiger partial charge in [-0.1, -0.05) is 34.1 Å². The summed E-state index contributed by atoms with van der Waals surface area (Å²) >= 11 is 0. The van der Waals surface area contributed by atoms with E-state index in [0.29, 0.717) is 0 Å². The minimum absolute atomic E-state index is 0.833. The zero-order valence-corrected chi connectivity index (χ0v) is 9.24. The van der Waals surface area contributed by atoms with Gasteiger partial charge in [0.25, 0.3) is 0 Å². The molecular formula is C11H25N. The van der Waals surface area contributed by atoms with E-state index in [1.165, 1.54) is 38.8 Å². The smallest absolute Gasteiger partial charge is 0.000829 e. The van der Waals surface area contributed by atoms with Crippen molar-refractivity contribution in [3.05, 3.63) is 0 Å². The Hall–Kier alpha value is -0.0400. The Kier molecular flexibility index (Phi) is 6.45. The number of hydrogen-bond acceptors (Lipinski definition) is 1. The van der Waals surface area contributed by atoms with Crippen molar-refractivity contribution in [2.24, 2.45) is 5.41 Å². The van der Waals surface area contributed by atoms with E-state index in [0.717, 1.165) is 5.41 Å². The van der Waals surface area contributed by atoms with Crippen molar-refractivity contribution in [1.82, 2.24) is 5.32 Å². The molecule has 0 aromatic carbocycles. The van der Waals surface area contributed by atoms with Crippen LogP contribution in [0.5, 0.6) is 0 Å². The van der Waals surface area contributed by atoms with Crippen LogP contribution in [-0.4, -0.2) is 13.1 Å². The standard InChI is InChI=1S/C6H11N.C3H8.C2H6/c1-2-6(1)3-4-7-5-6;1-3-2;1-2/h7H,1-5H2;3H2,1-2H3;1-2H3. The molecule has 0 unspecified atom stereocenters. The maximum atomic E-state index is 3.38. The van der Waals surface area contributed by atoms with Gasteiger partial charge < -0.3 is 5.32 Å². The van der Waals surface area contributed by atoms with Crippen LogP contribution in [0.2, 0.25) is 0 Å². The van der Waals surface area contributed by atoms with Gasteiger partial charge in [-0.2, -0.15) is 0 Å². The average molecular weight is 171 g/mol. The van der Waals surface area contributed by atoms with Crippen molar-refractivity contribution in [3.63, 3.8) is 0 Å². The first-order valence-electron chi connectivity index (χ1n) is 5.54. The van der Waals surface area contributed by atoms with Gasteiger partial charge in [0.2, 0.25) is 0 Å². The molecule has 0 bridgehead atoms. The van der Waals surface area contributed by atoms with Crippen molar-refractivity contribution < 1.29 is 0 Å². The van der Waals surface area contributed by atoms with Gasteiger partial charge in [0, 0.05) is 6.54 Å². The third-order valence-corrected chi connectivity index (χ3v) is 2.29. The fourth-order valence-corrected chi connectivity index (χ4v) is 1.40. The van der Waals surface area contributed by atoms with Gasteiger partial charge >= 0.3 is 0 Å². The van der Waals surface area contributed by atoms with Crippen LogP contribution in [-0.2, 0) is 0 Å². The van der Waals surface area contributed by atoms with Crippen molar-refractivity contribution in [3.8, 4) is 0 Å². The normalized spacial score (nSPS) is 22.0. The van der Waals surface area contributed by atoms with E-state index in [1.54, 1.807) is 0 Å². The summed E-state index contributed by atoms with van der Waals surface area (Å²) in [5, 5.41) is 3.38. The second-order valence-electron chi connectivity index (χ2n) is 3.63. The van der Waals surface area contributed by atoms with E-state index in [2.05, 4.69) is 19.2 Å². The molecule has 0 aromatic rings. The molecule has 1 N–H and O–H groups in total. The molecule has 12 heavy (non-hydrogen) atoms. The summed E-state index contributed by atoms with van der Waals surface area (Å²) in [6.45, 7) is 10.8. The lowest BCUT2D eigenvalue weighted by atomic mass is 10.1. The summed E-state index contributed by atoms with van der Waals surface area (Å²) in [5.74, 6) is 0. The highest BCUT2D eigenvalue weighted by molar-refractivity contribution is 4.98. The van der Waals surface area contributed by atoms with Crippen molar-refractivity contribution >= 4 is 0 Å². The second kappa shape index (κ2) is 6.47. The molecule has 2 fully saturated rings. The summed E-state index contributed by atoms with van der Waals surface area (Å²) < 4.78 is 0. The van der Waals surface area contributed by atoms with Crippen LogP contribution < -0.4 is 5.32 Å². The minimum atomic E-state index is 0.833. The monoisotopic (exact) mass is 171 g/mol. The molecule has 1 aliphatic heterocycles. The Balaban J connectivity index is 0.000000211. The molecule has 1 saturated carbocycles. The Morgan fingerprint density at radius 2 is 1.58 bits per heavy atom. The molecule has 2 aliphatic rings. The fourth-order valence-electron chi connectivity index (χ4n) is 1.40. The zero-order valence-electron chi connectivity index (χ0n) is 9.24. The fraction of sp³-hybridized carbons (Fsp3) is 1.00. The molecular weight excluding hydrogens is 146 g/mol. The predicted molar refractivity (Wildman–Crippen MR) is 56.5 cm³/mol. The molecule has 74 valence electrons. The van der Waals surface area contributed by atoms with Crippen LogP contribution >= 0.6 is 0 Å². The maximum Gasteiger partial charge on any atom is 0.000829 e. The van der Waals surface area contributed by atoms with E-state index < -0.39 is 0 Å². The van der Waals surface area contributed by atoms with Gasteiger partial charge in [0.05, 0.1) is 0 Å². The van der Waals surface area contributed by atoms with Gasteiger partial charge in [-0.25, -0.2) is 0 Å². The second-order valence-corrected chi connectivity index (χ2v) is 3.63. The lowest BCUT2D eigenvalue weighted by molar-refractivity contribution is 0.574. The Morgan fingerprint density at radius 3 is 1.75 bits per heavy atom. The van der Waals surface area contributed by atoms with Gasteiger partial charge in [-0.15, -0.1) is 0 Å². The van der Waals surface area contributed by atoms with Crippen molar-refractivity contribution in [2.45, 2.75) is 53.4 Å². The Morgan fingerprint density at radius 1 is 1.08 bits per heavy atom. The molecule has 1 aliphatic carbocycles.